The molecule has 0 spiro atoms. The standard InChI is InChI=1S/C13H18FNO3/c1-13(2,12(17)18)3-4-15-8-9-5-10(14)7-11(16)6-9/h5-7,15-16H,3-4,8H2,1-2H3,(H,17,18). The summed E-state index contributed by atoms with van der Waals surface area (Å²) in [6.45, 7) is 4.22. The molecule has 0 aliphatic heterocycles. The van der Waals surface area contributed by atoms with Crippen molar-refractivity contribution in [3.63, 3.8) is 0 Å². The van der Waals surface area contributed by atoms with Crippen LogP contribution < -0.4 is 5.32 Å². The maximum atomic E-state index is 13.0. The van der Waals surface area contributed by atoms with Gasteiger partial charge < -0.3 is 15.5 Å². The average Bonchev–Trinajstić information content (AvgIpc) is 2.23. The van der Waals surface area contributed by atoms with E-state index in [1.165, 1.54) is 12.1 Å². The third-order valence-electron chi connectivity index (χ3n) is 2.78. The summed E-state index contributed by atoms with van der Waals surface area (Å²) >= 11 is 0. The Balaban J connectivity index is 2.40. The lowest BCUT2D eigenvalue weighted by Gasteiger charge is -2.18. The van der Waals surface area contributed by atoms with Crippen molar-refractivity contribution in [1.82, 2.24) is 5.32 Å². The number of aliphatic carboxylic acids is 1. The predicted molar refractivity (Wildman–Crippen MR) is 65.8 cm³/mol. The number of carbonyl (C=O) groups is 1. The third kappa shape index (κ3) is 4.33. The number of benzene rings is 1. The zero-order valence-electron chi connectivity index (χ0n) is 10.5. The van der Waals surface area contributed by atoms with Crippen LogP contribution in [0, 0.1) is 11.2 Å². The van der Waals surface area contributed by atoms with E-state index in [1.807, 2.05) is 0 Å². The Morgan fingerprint density at radius 3 is 2.61 bits per heavy atom. The summed E-state index contributed by atoms with van der Waals surface area (Å²) in [6, 6.07) is 3.84. The topological polar surface area (TPSA) is 69.6 Å². The highest BCUT2D eigenvalue weighted by molar-refractivity contribution is 5.73. The smallest absolute Gasteiger partial charge is 0.309 e. The molecule has 1 aromatic rings. The van der Waals surface area contributed by atoms with Gasteiger partial charge in [-0.15, -0.1) is 0 Å². The van der Waals surface area contributed by atoms with Crippen molar-refractivity contribution in [2.75, 3.05) is 6.54 Å². The minimum absolute atomic E-state index is 0.113. The molecule has 1 rings (SSSR count). The van der Waals surface area contributed by atoms with Crippen molar-refractivity contribution in [2.24, 2.45) is 5.41 Å². The number of rotatable bonds is 6. The summed E-state index contributed by atoms with van der Waals surface area (Å²) in [5.41, 5.74) is -0.155. The largest absolute Gasteiger partial charge is 0.508 e. The Hall–Kier alpha value is -1.62. The number of carboxylic acids is 1. The lowest BCUT2D eigenvalue weighted by molar-refractivity contribution is -0.147. The van der Waals surface area contributed by atoms with Gasteiger partial charge in [-0.1, -0.05) is 0 Å². The van der Waals surface area contributed by atoms with Crippen LogP contribution in [0.4, 0.5) is 4.39 Å². The van der Waals surface area contributed by atoms with Crippen LogP contribution in [0.1, 0.15) is 25.8 Å². The molecule has 0 aromatic heterocycles. The highest BCUT2D eigenvalue weighted by atomic mass is 19.1. The van der Waals surface area contributed by atoms with Gasteiger partial charge in [-0.3, -0.25) is 4.79 Å². The van der Waals surface area contributed by atoms with E-state index >= 15 is 0 Å². The monoisotopic (exact) mass is 255 g/mol. The van der Waals surface area contributed by atoms with Crippen molar-refractivity contribution in [3.8, 4) is 5.75 Å². The molecule has 0 saturated heterocycles. The summed E-state index contributed by atoms with van der Waals surface area (Å²) in [4.78, 5) is 10.9. The zero-order valence-corrected chi connectivity index (χ0v) is 10.5. The van der Waals surface area contributed by atoms with Crippen molar-refractivity contribution in [2.45, 2.75) is 26.8 Å². The normalized spacial score (nSPS) is 11.5. The maximum Gasteiger partial charge on any atom is 0.309 e. The molecular formula is C13H18FNO3. The summed E-state index contributed by atoms with van der Waals surface area (Å²) in [6.07, 6.45) is 0.476. The van der Waals surface area contributed by atoms with Crippen LogP contribution in [-0.2, 0) is 11.3 Å². The Morgan fingerprint density at radius 2 is 2.06 bits per heavy atom. The minimum Gasteiger partial charge on any atom is -0.508 e. The van der Waals surface area contributed by atoms with E-state index in [1.54, 1.807) is 13.8 Å². The maximum absolute atomic E-state index is 13.0. The molecule has 0 radical (unpaired) electrons. The SMILES string of the molecule is CC(C)(CCNCc1cc(O)cc(F)c1)C(=O)O. The van der Waals surface area contributed by atoms with Gasteiger partial charge in [0.15, 0.2) is 0 Å². The fraction of sp³-hybridized carbons (Fsp3) is 0.462. The Bertz CT molecular complexity index is 412. The molecule has 0 fully saturated rings. The molecule has 0 aliphatic carbocycles. The van der Waals surface area contributed by atoms with Gasteiger partial charge in [0.1, 0.15) is 11.6 Å². The fourth-order valence-corrected chi connectivity index (χ4v) is 1.48. The first-order valence-electron chi connectivity index (χ1n) is 5.74. The Morgan fingerprint density at radius 1 is 1.39 bits per heavy atom. The van der Waals surface area contributed by atoms with E-state index in [0.29, 0.717) is 25.1 Å². The van der Waals surface area contributed by atoms with Gasteiger partial charge in [-0.05, 0) is 44.5 Å². The molecule has 0 saturated carbocycles. The van der Waals surface area contributed by atoms with Crippen LogP contribution in [0.15, 0.2) is 18.2 Å². The molecule has 100 valence electrons. The molecule has 0 heterocycles. The molecule has 4 nitrogen and oxygen atoms in total. The van der Waals surface area contributed by atoms with Crippen LogP contribution in [0.2, 0.25) is 0 Å². The van der Waals surface area contributed by atoms with E-state index in [0.717, 1.165) is 6.07 Å². The Kier molecular flexibility index (Phi) is 4.67. The van der Waals surface area contributed by atoms with Gasteiger partial charge in [-0.25, -0.2) is 4.39 Å². The van der Waals surface area contributed by atoms with Crippen LogP contribution in [0.5, 0.6) is 5.75 Å². The van der Waals surface area contributed by atoms with E-state index in [9.17, 15) is 14.3 Å². The first-order valence-corrected chi connectivity index (χ1v) is 5.74. The van der Waals surface area contributed by atoms with Crippen molar-refractivity contribution in [1.29, 1.82) is 0 Å². The number of hydrogen-bond acceptors (Lipinski definition) is 3. The van der Waals surface area contributed by atoms with E-state index in [2.05, 4.69) is 5.32 Å². The molecule has 18 heavy (non-hydrogen) atoms. The summed E-state index contributed by atoms with van der Waals surface area (Å²) in [7, 11) is 0. The third-order valence-corrected chi connectivity index (χ3v) is 2.78. The highest BCUT2D eigenvalue weighted by Gasteiger charge is 2.25. The van der Waals surface area contributed by atoms with Crippen LogP contribution in [0.3, 0.4) is 0 Å². The molecule has 1 aromatic carbocycles. The van der Waals surface area contributed by atoms with Gasteiger partial charge in [0.05, 0.1) is 5.41 Å². The zero-order chi connectivity index (χ0) is 13.8. The van der Waals surface area contributed by atoms with Crippen LogP contribution in [-0.4, -0.2) is 22.7 Å². The van der Waals surface area contributed by atoms with Gasteiger partial charge >= 0.3 is 5.97 Å². The first kappa shape index (κ1) is 14.4. The van der Waals surface area contributed by atoms with Crippen LogP contribution in [0.25, 0.3) is 0 Å². The highest BCUT2D eigenvalue weighted by Crippen LogP contribution is 2.19. The van der Waals surface area contributed by atoms with Crippen molar-refractivity contribution >= 4 is 5.97 Å². The van der Waals surface area contributed by atoms with Gasteiger partial charge in [0.25, 0.3) is 0 Å². The number of nitrogens with one attached hydrogen (secondary N) is 1. The minimum atomic E-state index is -0.840. The average molecular weight is 255 g/mol. The van der Waals surface area contributed by atoms with Crippen molar-refractivity contribution in [3.05, 3.63) is 29.6 Å². The lowest BCUT2D eigenvalue weighted by atomic mass is 9.90. The molecule has 0 atom stereocenters. The number of phenolic OH excluding ortho intramolecular Hbond substituents is 1. The van der Waals surface area contributed by atoms with Gasteiger partial charge in [0.2, 0.25) is 0 Å². The van der Waals surface area contributed by atoms with Gasteiger partial charge in [-0.2, -0.15) is 0 Å². The quantitative estimate of drug-likeness (QED) is 0.681. The molecule has 3 N–H and O–H groups in total. The number of aromatic hydroxyl groups is 1. The second kappa shape index (κ2) is 5.82. The van der Waals surface area contributed by atoms with Crippen LogP contribution >= 0.6 is 0 Å². The number of hydrogen-bond donors (Lipinski definition) is 3. The molecule has 0 aliphatic rings. The first-order chi connectivity index (χ1) is 8.31. The van der Waals surface area contributed by atoms with E-state index < -0.39 is 17.2 Å². The molecular weight excluding hydrogens is 237 g/mol. The molecule has 5 heteroatoms. The number of carboxylic acid groups (broad SMARTS) is 1. The molecule has 0 amide bonds. The lowest BCUT2D eigenvalue weighted by Crippen LogP contribution is -2.28. The Labute approximate surface area is 105 Å². The number of halogens is 1. The van der Waals surface area contributed by atoms with E-state index in [-0.39, 0.29) is 5.75 Å². The second-order valence-corrected chi connectivity index (χ2v) is 4.93. The fourth-order valence-electron chi connectivity index (χ4n) is 1.48. The second-order valence-electron chi connectivity index (χ2n) is 4.93. The van der Waals surface area contributed by atoms with Crippen molar-refractivity contribution < 1.29 is 19.4 Å². The van der Waals surface area contributed by atoms with Gasteiger partial charge in [0, 0.05) is 12.6 Å². The summed E-state index contributed by atoms with van der Waals surface area (Å²) in [5.74, 6) is -1.44. The van der Waals surface area contributed by atoms with E-state index in [4.69, 9.17) is 5.11 Å². The molecule has 0 unspecified atom stereocenters. The molecule has 0 bridgehead atoms. The summed E-state index contributed by atoms with van der Waals surface area (Å²) < 4.78 is 13.0. The summed E-state index contributed by atoms with van der Waals surface area (Å²) in [5, 5.41) is 21.2. The number of phenols is 1. The predicted octanol–water partition coefficient (Wildman–Crippen LogP) is 2.12.